The number of benzene rings is 1. The van der Waals surface area contributed by atoms with Gasteiger partial charge in [0.15, 0.2) is 0 Å². The minimum Gasteiger partial charge on any atom is -0.349 e. The number of hydrogen-bond donors (Lipinski definition) is 2. The first-order valence-electron chi connectivity index (χ1n) is 7.03. The van der Waals surface area contributed by atoms with Crippen molar-refractivity contribution >= 4 is 40.6 Å². The van der Waals surface area contributed by atoms with Crippen LogP contribution >= 0.6 is 23.1 Å². The van der Waals surface area contributed by atoms with Crippen LogP contribution in [0.25, 0.3) is 0 Å². The number of carbonyl (C=O) groups is 2. The molecule has 4 nitrogen and oxygen atoms in total. The molecule has 114 valence electrons. The van der Waals surface area contributed by atoms with E-state index in [0.717, 1.165) is 15.5 Å². The summed E-state index contributed by atoms with van der Waals surface area (Å²) in [5.74, 6) is -0.212. The molecule has 2 atom stereocenters. The van der Waals surface area contributed by atoms with E-state index in [0.29, 0.717) is 0 Å². The highest BCUT2D eigenvalue weighted by Crippen LogP contribution is 2.36. The van der Waals surface area contributed by atoms with Crippen LogP contribution in [0.4, 0.5) is 5.69 Å². The average molecular weight is 332 g/mol. The third-order valence-corrected chi connectivity index (χ3v) is 5.76. The van der Waals surface area contributed by atoms with Crippen molar-refractivity contribution in [2.75, 3.05) is 5.32 Å². The smallest absolute Gasteiger partial charge is 0.238 e. The average Bonchev–Trinajstić information content (AvgIpc) is 3.02. The summed E-state index contributed by atoms with van der Waals surface area (Å²) >= 11 is 3.06. The molecular formula is C16H16N2O2S2. The quantitative estimate of drug-likeness (QED) is 0.902. The SMILES string of the molecule is C[C@H](NC(=O)C[C@H]1Sc2ccccc2NC1=O)c1cccs1. The van der Waals surface area contributed by atoms with Gasteiger partial charge in [-0.2, -0.15) is 0 Å². The van der Waals surface area contributed by atoms with E-state index >= 15 is 0 Å². The molecule has 0 radical (unpaired) electrons. The van der Waals surface area contributed by atoms with Crippen LogP contribution in [0.15, 0.2) is 46.7 Å². The van der Waals surface area contributed by atoms with Crippen LogP contribution in [0.3, 0.4) is 0 Å². The van der Waals surface area contributed by atoms with Gasteiger partial charge in [-0.1, -0.05) is 18.2 Å². The van der Waals surface area contributed by atoms with Crippen molar-refractivity contribution in [3.8, 4) is 0 Å². The maximum atomic E-state index is 12.2. The summed E-state index contributed by atoms with van der Waals surface area (Å²) < 4.78 is 0. The van der Waals surface area contributed by atoms with Gasteiger partial charge in [-0.05, 0) is 30.5 Å². The fourth-order valence-corrected chi connectivity index (χ4v) is 4.15. The molecule has 1 aromatic heterocycles. The summed E-state index contributed by atoms with van der Waals surface area (Å²) in [6, 6.07) is 11.6. The molecule has 2 amide bonds. The second-order valence-electron chi connectivity index (χ2n) is 5.10. The molecule has 22 heavy (non-hydrogen) atoms. The Morgan fingerprint density at radius 3 is 2.91 bits per heavy atom. The Hall–Kier alpha value is -1.79. The molecule has 0 bridgehead atoms. The van der Waals surface area contributed by atoms with E-state index < -0.39 is 0 Å². The van der Waals surface area contributed by atoms with Gasteiger partial charge in [0.2, 0.25) is 11.8 Å². The zero-order chi connectivity index (χ0) is 15.5. The maximum absolute atomic E-state index is 12.2. The summed E-state index contributed by atoms with van der Waals surface area (Å²) in [5.41, 5.74) is 0.820. The second kappa shape index (κ2) is 6.54. The van der Waals surface area contributed by atoms with E-state index in [4.69, 9.17) is 0 Å². The molecule has 6 heteroatoms. The molecule has 3 rings (SSSR count). The van der Waals surface area contributed by atoms with E-state index in [1.165, 1.54) is 11.8 Å². The van der Waals surface area contributed by atoms with Crippen LogP contribution in [0, 0.1) is 0 Å². The highest BCUT2D eigenvalue weighted by Gasteiger charge is 2.29. The number of thioether (sulfide) groups is 1. The number of thiophene rings is 1. The van der Waals surface area contributed by atoms with Gasteiger partial charge in [-0.3, -0.25) is 9.59 Å². The predicted octanol–water partition coefficient (Wildman–Crippen LogP) is 3.43. The van der Waals surface area contributed by atoms with Gasteiger partial charge < -0.3 is 10.6 Å². The summed E-state index contributed by atoms with van der Waals surface area (Å²) in [7, 11) is 0. The molecule has 0 spiro atoms. The summed E-state index contributed by atoms with van der Waals surface area (Å²) in [4.78, 5) is 26.4. The Balaban J connectivity index is 1.61. The van der Waals surface area contributed by atoms with Gasteiger partial charge in [-0.15, -0.1) is 23.1 Å². The van der Waals surface area contributed by atoms with E-state index in [-0.39, 0.29) is 29.5 Å². The van der Waals surface area contributed by atoms with Crippen LogP contribution in [0.1, 0.15) is 24.3 Å². The molecule has 0 saturated heterocycles. The Morgan fingerprint density at radius 2 is 2.14 bits per heavy atom. The van der Waals surface area contributed by atoms with Crippen LogP contribution in [-0.4, -0.2) is 17.1 Å². The van der Waals surface area contributed by atoms with Crippen molar-refractivity contribution in [1.82, 2.24) is 5.32 Å². The van der Waals surface area contributed by atoms with Crippen molar-refractivity contribution in [1.29, 1.82) is 0 Å². The van der Waals surface area contributed by atoms with Gasteiger partial charge in [0.05, 0.1) is 17.0 Å². The molecule has 2 aromatic rings. The molecule has 0 unspecified atom stereocenters. The number of carbonyl (C=O) groups excluding carboxylic acids is 2. The molecule has 0 aliphatic carbocycles. The fraction of sp³-hybridized carbons (Fsp3) is 0.250. The highest BCUT2D eigenvalue weighted by molar-refractivity contribution is 8.01. The standard InChI is InChI=1S/C16H16N2O2S2/c1-10(12-7-4-8-21-12)17-15(19)9-14-16(20)18-11-5-2-3-6-13(11)22-14/h2-8,10,14H,9H2,1H3,(H,17,19)(H,18,20)/t10-,14+/m0/s1. The third-order valence-electron chi connectivity index (χ3n) is 3.42. The van der Waals surface area contributed by atoms with Crippen LogP contribution < -0.4 is 10.6 Å². The summed E-state index contributed by atoms with van der Waals surface area (Å²) in [6.45, 7) is 1.95. The van der Waals surface area contributed by atoms with E-state index in [1.54, 1.807) is 11.3 Å². The molecule has 2 N–H and O–H groups in total. The largest absolute Gasteiger partial charge is 0.349 e. The van der Waals surface area contributed by atoms with Gasteiger partial charge >= 0.3 is 0 Å². The lowest BCUT2D eigenvalue weighted by Crippen LogP contribution is -2.35. The van der Waals surface area contributed by atoms with Gasteiger partial charge in [0.1, 0.15) is 0 Å². The van der Waals surface area contributed by atoms with Gasteiger partial charge in [0.25, 0.3) is 0 Å². The third kappa shape index (κ3) is 3.34. The molecule has 0 saturated carbocycles. The van der Waals surface area contributed by atoms with Crippen molar-refractivity contribution < 1.29 is 9.59 Å². The first kappa shape index (κ1) is 15.1. The van der Waals surface area contributed by atoms with Crippen molar-refractivity contribution in [3.63, 3.8) is 0 Å². The Kier molecular flexibility index (Phi) is 4.49. The second-order valence-corrected chi connectivity index (χ2v) is 7.32. The van der Waals surface area contributed by atoms with Crippen molar-refractivity contribution in [3.05, 3.63) is 46.7 Å². The molecule has 1 aromatic carbocycles. The number of fused-ring (bicyclic) bond motifs is 1. The molecule has 0 fully saturated rings. The molecule has 1 aliphatic rings. The van der Waals surface area contributed by atoms with Crippen molar-refractivity contribution in [2.24, 2.45) is 0 Å². The van der Waals surface area contributed by atoms with E-state index in [2.05, 4.69) is 10.6 Å². The Bertz CT molecular complexity index is 685. The zero-order valence-corrected chi connectivity index (χ0v) is 13.7. The van der Waals surface area contributed by atoms with Gasteiger partial charge in [-0.25, -0.2) is 0 Å². The summed E-state index contributed by atoms with van der Waals surface area (Å²) in [5, 5.41) is 7.41. The Labute approximate surface area is 137 Å². The van der Waals surface area contributed by atoms with Crippen molar-refractivity contribution in [2.45, 2.75) is 29.5 Å². The monoisotopic (exact) mass is 332 g/mol. The molecule has 2 heterocycles. The normalized spacial score (nSPS) is 18.2. The zero-order valence-electron chi connectivity index (χ0n) is 12.0. The predicted molar refractivity (Wildman–Crippen MR) is 90.2 cm³/mol. The number of nitrogens with one attached hydrogen (secondary N) is 2. The number of anilines is 1. The molecular weight excluding hydrogens is 316 g/mol. The highest BCUT2D eigenvalue weighted by atomic mass is 32.2. The number of hydrogen-bond acceptors (Lipinski definition) is 4. The Morgan fingerprint density at radius 1 is 1.32 bits per heavy atom. The lowest BCUT2D eigenvalue weighted by Gasteiger charge is -2.24. The maximum Gasteiger partial charge on any atom is 0.238 e. The first-order chi connectivity index (χ1) is 10.6. The minimum atomic E-state index is -0.384. The topological polar surface area (TPSA) is 58.2 Å². The van der Waals surface area contributed by atoms with E-state index in [1.807, 2.05) is 48.7 Å². The number of rotatable bonds is 4. The van der Waals surface area contributed by atoms with Crippen LogP contribution in [-0.2, 0) is 9.59 Å². The minimum absolute atomic E-state index is 0.0311. The van der Waals surface area contributed by atoms with E-state index in [9.17, 15) is 9.59 Å². The summed E-state index contributed by atoms with van der Waals surface area (Å²) in [6.07, 6.45) is 0.181. The number of para-hydroxylation sites is 1. The van der Waals surface area contributed by atoms with Crippen LogP contribution in [0.5, 0.6) is 0 Å². The van der Waals surface area contributed by atoms with Crippen LogP contribution in [0.2, 0.25) is 0 Å². The fourth-order valence-electron chi connectivity index (χ4n) is 2.30. The lowest BCUT2D eigenvalue weighted by molar-refractivity contribution is -0.124. The molecule has 1 aliphatic heterocycles. The van der Waals surface area contributed by atoms with Gasteiger partial charge in [0, 0.05) is 16.2 Å². The lowest BCUT2D eigenvalue weighted by atomic mass is 10.2. The number of amides is 2. The first-order valence-corrected chi connectivity index (χ1v) is 8.79.